The summed E-state index contributed by atoms with van der Waals surface area (Å²) in [6, 6.07) is 10.2. The maximum absolute atomic E-state index is 11.9. The Morgan fingerprint density at radius 2 is 1.89 bits per heavy atom. The fraction of sp³-hybridized carbons (Fsp3) is 0.533. The number of rotatable bonds is 7. The molecule has 3 N–H and O–H groups in total. The van der Waals surface area contributed by atoms with Gasteiger partial charge in [0.15, 0.2) is 0 Å². The Hall–Kier alpha value is -1.35. The second-order valence-electron chi connectivity index (χ2n) is 5.27. The van der Waals surface area contributed by atoms with E-state index >= 15 is 0 Å². The van der Waals surface area contributed by atoms with Crippen molar-refractivity contribution in [3.8, 4) is 0 Å². The zero-order valence-electron chi connectivity index (χ0n) is 11.4. The molecule has 0 aliphatic heterocycles. The van der Waals surface area contributed by atoms with Crippen LogP contribution in [0.1, 0.15) is 38.7 Å². The minimum Gasteiger partial charge on any atom is -0.356 e. The van der Waals surface area contributed by atoms with E-state index in [2.05, 4.69) is 31.3 Å². The van der Waals surface area contributed by atoms with Gasteiger partial charge in [0.25, 0.3) is 0 Å². The predicted molar refractivity (Wildman–Crippen MR) is 75.4 cm³/mol. The Morgan fingerprint density at radius 3 is 2.50 bits per heavy atom. The van der Waals surface area contributed by atoms with Gasteiger partial charge in [0.05, 0.1) is 0 Å². The number of benzene rings is 1. The lowest BCUT2D eigenvalue weighted by Crippen LogP contribution is -2.31. The summed E-state index contributed by atoms with van der Waals surface area (Å²) in [5, 5.41) is 2.95. The zero-order valence-corrected chi connectivity index (χ0v) is 11.4. The normalized spacial score (nSPS) is 11.3. The lowest BCUT2D eigenvalue weighted by molar-refractivity contribution is -0.122. The summed E-state index contributed by atoms with van der Waals surface area (Å²) in [6.07, 6.45) is 2.43. The number of hydrogen-bond donors (Lipinski definition) is 2. The third kappa shape index (κ3) is 4.88. The summed E-state index contributed by atoms with van der Waals surface area (Å²) in [6.45, 7) is 5.61. The van der Waals surface area contributed by atoms with Gasteiger partial charge in [0.1, 0.15) is 0 Å². The highest BCUT2D eigenvalue weighted by molar-refractivity contribution is 5.77. The van der Waals surface area contributed by atoms with E-state index < -0.39 is 0 Å². The smallest absolute Gasteiger partial charge is 0.220 e. The van der Waals surface area contributed by atoms with Crippen LogP contribution in [0.3, 0.4) is 0 Å². The first-order valence-electron chi connectivity index (χ1n) is 6.58. The van der Waals surface area contributed by atoms with Gasteiger partial charge in [-0.2, -0.15) is 0 Å². The summed E-state index contributed by atoms with van der Waals surface area (Å²) in [7, 11) is 0. The van der Waals surface area contributed by atoms with Gasteiger partial charge < -0.3 is 11.1 Å². The molecule has 0 saturated carbocycles. The Morgan fingerprint density at radius 1 is 1.22 bits per heavy atom. The molecular formula is C15H24N2O. The molecule has 3 nitrogen and oxygen atoms in total. The Kier molecular flexibility index (Phi) is 5.86. The zero-order chi connectivity index (χ0) is 13.4. The van der Waals surface area contributed by atoms with Gasteiger partial charge in [-0.25, -0.2) is 0 Å². The molecule has 1 aromatic rings. The van der Waals surface area contributed by atoms with Crippen molar-refractivity contribution in [2.24, 2.45) is 5.73 Å². The van der Waals surface area contributed by atoms with E-state index in [0.29, 0.717) is 13.0 Å². The third-order valence-corrected chi connectivity index (χ3v) is 3.11. The van der Waals surface area contributed by atoms with Gasteiger partial charge >= 0.3 is 0 Å². The first-order chi connectivity index (χ1) is 8.56. The van der Waals surface area contributed by atoms with E-state index in [0.717, 1.165) is 19.4 Å². The second kappa shape index (κ2) is 7.17. The minimum atomic E-state index is -0.126. The molecule has 0 radical (unpaired) electrons. The van der Waals surface area contributed by atoms with E-state index in [4.69, 9.17) is 5.73 Å². The highest BCUT2D eigenvalue weighted by Gasteiger charge is 2.23. The molecule has 0 aromatic heterocycles. The van der Waals surface area contributed by atoms with Crippen molar-refractivity contribution in [2.75, 3.05) is 13.1 Å². The largest absolute Gasteiger partial charge is 0.356 e. The van der Waals surface area contributed by atoms with Crippen LogP contribution in [0.15, 0.2) is 30.3 Å². The van der Waals surface area contributed by atoms with E-state index in [9.17, 15) is 4.79 Å². The van der Waals surface area contributed by atoms with Crippen molar-refractivity contribution in [2.45, 2.75) is 38.5 Å². The number of unbranched alkanes of at least 4 members (excludes halogenated alkanes) is 1. The fourth-order valence-corrected chi connectivity index (χ4v) is 1.95. The molecule has 3 heteroatoms. The van der Waals surface area contributed by atoms with Crippen molar-refractivity contribution in [1.29, 1.82) is 0 Å². The molecule has 0 fully saturated rings. The van der Waals surface area contributed by atoms with Gasteiger partial charge in [-0.15, -0.1) is 0 Å². The predicted octanol–water partition coefficient (Wildman–Crippen LogP) is 2.21. The fourth-order valence-electron chi connectivity index (χ4n) is 1.95. The van der Waals surface area contributed by atoms with Crippen LogP contribution in [0, 0.1) is 0 Å². The Bertz CT molecular complexity index is 360. The van der Waals surface area contributed by atoms with Crippen LogP contribution in [0.4, 0.5) is 0 Å². The standard InChI is InChI=1S/C15H24N2O/c1-15(2,13-8-4-3-5-9-13)12-14(18)17-11-7-6-10-16/h3-5,8-9H,6-7,10-12,16H2,1-2H3,(H,17,18). The van der Waals surface area contributed by atoms with Crippen LogP contribution in [0.2, 0.25) is 0 Å². The van der Waals surface area contributed by atoms with Gasteiger partial charge in [0, 0.05) is 13.0 Å². The number of amides is 1. The van der Waals surface area contributed by atoms with Gasteiger partial charge in [-0.1, -0.05) is 44.2 Å². The van der Waals surface area contributed by atoms with Crippen LogP contribution in [-0.4, -0.2) is 19.0 Å². The average molecular weight is 248 g/mol. The number of hydrogen-bond acceptors (Lipinski definition) is 2. The first kappa shape index (κ1) is 14.7. The Labute approximate surface area is 110 Å². The number of carbonyl (C=O) groups excluding carboxylic acids is 1. The SMILES string of the molecule is CC(C)(CC(=O)NCCCCN)c1ccccc1. The topological polar surface area (TPSA) is 55.1 Å². The third-order valence-electron chi connectivity index (χ3n) is 3.11. The summed E-state index contributed by atoms with van der Waals surface area (Å²) in [4.78, 5) is 11.9. The molecule has 1 amide bonds. The second-order valence-corrected chi connectivity index (χ2v) is 5.27. The number of nitrogens with two attached hydrogens (primary N) is 1. The van der Waals surface area contributed by atoms with E-state index in [-0.39, 0.29) is 11.3 Å². The molecule has 0 aliphatic rings. The Balaban J connectivity index is 2.43. The highest BCUT2D eigenvalue weighted by Crippen LogP contribution is 2.26. The summed E-state index contributed by atoms with van der Waals surface area (Å²) < 4.78 is 0. The van der Waals surface area contributed by atoms with Crippen LogP contribution in [-0.2, 0) is 10.2 Å². The molecule has 0 aliphatic carbocycles. The van der Waals surface area contributed by atoms with Crippen molar-refractivity contribution >= 4 is 5.91 Å². The monoisotopic (exact) mass is 248 g/mol. The molecule has 0 spiro atoms. The molecule has 18 heavy (non-hydrogen) atoms. The quantitative estimate of drug-likeness (QED) is 0.727. The van der Waals surface area contributed by atoms with Crippen molar-refractivity contribution in [3.63, 3.8) is 0 Å². The summed E-state index contributed by atoms with van der Waals surface area (Å²) in [5.74, 6) is 0.112. The summed E-state index contributed by atoms with van der Waals surface area (Å²) >= 11 is 0. The minimum absolute atomic E-state index is 0.112. The maximum Gasteiger partial charge on any atom is 0.220 e. The van der Waals surface area contributed by atoms with E-state index in [1.54, 1.807) is 0 Å². The van der Waals surface area contributed by atoms with Crippen LogP contribution in [0.5, 0.6) is 0 Å². The van der Waals surface area contributed by atoms with Crippen molar-refractivity contribution in [3.05, 3.63) is 35.9 Å². The van der Waals surface area contributed by atoms with Crippen molar-refractivity contribution in [1.82, 2.24) is 5.32 Å². The van der Waals surface area contributed by atoms with Crippen LogP contribution in [0.25, 0.3) is 0 Å². The molecular weight excluding hydrogens is 224 g/mol. The lowest BCUT2D eigenvalue weighted by atomic mass is 9.81. The summed E-state index contributed by atoms with van der Waals surface area (Å²) in [5.41, 5.74) is 6.48. The molecule has 1 aromatic carbocycles. The molecule has 0 atom stereocenters. The average Bonchev–Trinajstić information content (AvgIpc) is 2.35. The number of nitrogens with one attached hydrogen (secondary N) is 1. The highest BCUT2D eigenvalue weighted by atomic mass is 16.1. The number of carbonyl (C=O) groups is 1. The molecule has 1 rings (SSSR count). The van der Waals surface area contributed by atoms with E-state index in [1.807, 2.05) is 18.2 Å². The van der Waals surface area contributed by atoms with E-state index in [1.165, 1.54) is 5.56 Å². The lowest BCUT2D eigenvalue weighted by Gasteiger charge is -2.24. The molecule has 100 valence electrons. The molecule has 0 unspecified atom stereocenters. The molecule has 0 bridgehead atoms. The first-order valence-corrected chi connectivity index (χ1v) is 6.58. The van der Waals surface area contributed by atoms with Gasteiger partial charge in [0.2, 0.25) is 5.91 Å². The molecule has 0 saturated heterocycles. The van der Waals surface area contributed by atoms with Crippen molar-refractivity contribution < 1.29 is 4.79 Å². The molecule has 0 heterocycles. The van der Waals surface area contributed by atoms with Crippen LogP contribution < -0.4 is 11.1 Å². The van der Waals surface area contributed by atoms with Crippen LogP contribution >= 0.6 is 0 Å². The van der Waals surface area contributed by atoms with Gasteiger partial charge in [-0.3, -0.25) is 4.79 Å². The maximum atomic E-state index is 11.9. The van der Waals surface area contributed by atoms with Gasteiger partial charge in [-0.05, 0) is 30.4 Å².